The van der Waals surface area contributed by atoms with Crippen LogP contribution in [-0.2, 0) is 11.5 Å². The summed E-state index contributed by atoms with van der Waals surface area (Å²) in [4.78, 5) is 21.4. The third-order valence-electron chi connectivity index (χ3n) is 4.83. The van der Waals surface area contributed by atoms with Crippen molar-refractivity contribution in [1.29, 1.82) is 0 Å². The van der Waals surface area contributed by atoms with Crippen LogP contribution in [0.25, 0.3) is 11.2 Å². The quantitative estimate of drug-likeness (QED) is 0.429. The number of nitrogens with zero attached hydrogens (tertiary/aromatic N) is 4. The van der Waals surface area contributed by atoms with Crippen LogP contribution in [0.2, 0.25) is 31.0 Å². The Morgan fingerprint density at radius 3 is 2.68 bits per heavy atom. The van der Waals surface area contributed by atoms with E-state index in [1.807, 2.05) is 4.57 Å². The molecule has 1 aliphatic carbocycles. The normalized spacial score (nSPS) is 16.6. The van der Waals surface area contributed by atoms with Gasteiger partial charge in [0, 0.05) is 20.7 Å². The van der Waals surface area contributed by atoms with Gasteiger partial charge in [0.15, 0.2) is 5.65 Å². The van der Waals surface area contributed by atoms with Crippen molar-refractivity contribution in [2.75, 3.05) is 6.61 Å². The summed E-state index contributed by atoms with van der Waals surface area (Å²) < 4.78 is 9.26. The predicted molar refractivity (Wildman–Crippen MR) is 103 cm³/mol. The summed E-state index contributed by atoms with van der Waals surface area (Å²) >= 11 is 5.99. The fraction of sp³-hybridized carbons (Fsp3) is 0.706. The molecule has 1 aliphatic rings. The second-order valence-electron chi connectivity index (χ2n) is 8.07. The van der Waals surface area contributed by atoms with E-state index in [2.05, 4.69) is 29.6 Å². The Labute approximate surface area is 154 Å². The van der Waals surface area contributed by atoms with Crippen molar-refractivity contribution >= 4 is 30.8 Å². The Kier molecular flexibility index (Phi) is 5.65. The lowest BCUT2D eigenvalue weighted by atomic mass is 9.95. The van der Waals surface area contributed by atoms with E-state index in [1.54, 1.807) is 10.8 Å². The molecule has 8 heteroatoms. The molecule has 0 spiro atoms. The number of ether oxygens (including phenoxy) is 1. The van der Waals surface area contributed by atoms with Gasteiger partial charge in [-0.3, -0.25) is 9.13 Å². The van der Waals surface area contributed by atoms with Crippen molar-refractivity contribution in [2.24, 2.45) is 0 Å². The zero-order valence-corrected chi connectivity index (χ0v) is 17.1. The van der Waals surface area contributed by atoms with Crippen molar-refractivity contribution in [2.45, 2.75) is 70.6 Å². The van der Waals surface area contributed by atoms with Gasteiger partial charge in [0.1, 0.15) is 12.2 Å². The Hall–Kier alpha value is -1.18. The maximum absolute atomic E-state index is 13.0. The van der Waals surface area contributed by atoms with Gasteiger partial charge in [-0.15, -0.1) is 0 Å². The maximum atomic E-state index is 13.0. The van der Waals surface area contributed by atoms with Gasteiger partial charge in [-0.05, 0) is 30.5 Å². The third-order valence-corrected chi connectivity index (χ3v) is 6.72. The lowest BCUT2D eigenvalue weighted by Crippen LogP contribution is -2.30. The van der Waals surface area contributed by atoms with Gasteiger partial charge in [0.05, 0.1) is 6.20 Å². The molecule has 0 N–H and O–H groups in total. The van der Waals surface area contributed by atoms with Crippen molar-refractivity contribution in [3.05, 3.63) is 22.0 Å². The van der Waals surface area contributed by atoms with Gasteiger partial charge in [0.25, 0.3) is 0 Å². The number of hydrogen-bond donors (Lipinski definition) is 0. The van der Waals surface area contributed by atoms with Crippen molar-refractivity contribution in [1.82, 2.24) is 19.1 Å². The minimum Gasteiger partial charge on any atom is -0.361 e. The first-order valence-electron chi connectivity index (χ1n) is 9.08. The highest BCUT2D eigenvalue weighted by Gasteiger charge is 2.24. The number of aromatic nitrogens is 4. The monoisotopic (exact) mass is 382 g/mol. The molecular weight excluding hydrogens is 356 g/mol. The highest BCUT2D eigenvalue weighted by atomic mass is 35.5. The molecule has 2 aromatic rings. The molecule has 25 heavy (non-hydrogen) atoms. The summed E-state index contributed by atoms with van der Waals surface area (Å²) in [5.74, 6) is 0. The Morgan fingerprint density at radius 2 is 2.00 bits per heavy atom. The fourth-order valence-corrected chi connectivity index (χ4v) is 4.25. The summed E-state index contributed by atoms with van der Waals surface area (Å²) in [7, 11) is -1.15. The molecule has 6 nitrogen and oxygen atoms in total. The lowest BCUT2D eigenvalue weighted by molar-refractivity contribution is 0.0867. The highest BCUT2D eigenvalue weighted by molar-refractivity contribution is 6.76. The second kappa shape index (κ2) is 7.59. The summed E-state index contributed by atoms with van der Waals surface area (Å²) in [6.45, 7) is 7.85. The van der Waals surface area contributed by atoms with Crippen LogP contribution < -0.4 is 5.69 Å². The van der Waals surface area contributed by atoms with E-state index in [0.717, 1.165) is 31.7 Å². The molecule has 0 saturated heterocycles. The molecule has 0 aromatic carbocycles. The van der Waals surface area contributed by atoms with Gasteiger partial charge in [-0.25, -0.2) is 9.78 Å². The Bertz CT molecular complexity index is 790. The van der Waals surface area contributed by atoms with E-state index >= 15 is 0 Å². The maximum Gasteiger partial charge on any atom is 0.332 e. The number of halogens is 1. The average molecular weight is 383 g/mol. The van der Waals surface area contributed by atoms with Crippen molar-refractivity contribution in [3.8, 4) is 0 Å². The highest BCUT2D eigenvalue weighted by Crippen LogP contribution is 2.29. The lowest BCUT2D eigenvalue weighted by Gasteiger charge is -2.22. The number of hydrogen-bond acceptors (Lipinski definition) is 4. The zero-order chi connectivity index (χ0) is 18.0. The summed E-state index contributed by atoms with van der Waals surface area (Å²) in [5, 5.41) is 0.175. The van der Waals surface area contributed by atoms with Gasteiger partial charge in [-0.2, -0.15) is 4.98 Å². The summed E-state index contributed by atoms with van der Waals surface area (Å²) in [6.07, 6.45) is 7.19. The van der Waals surface area contributed by atoms with E-state index < -0.39 is 8.07 Å². The predicted octanol–water partition coefficient (Wildman–Crippen LogP) is 4.06. The molecule has 1 saturated carbocycles. The van der Waals surface area contributed by atoms with Crippen LogP contribution in [0.1, 0.15) is 38.1 Å². The molecule has 0 radical (unpaired) electrons. The number of imidazole rings is 1. The summed E-state index contributed by atoms with van der Waals surface area (Å²) in [5.41, 5.74) is 1.27. The van der Waals surface area contributed by atoms with Gasteiger partial charge in [-0.1, -0.05) is 38.9 Å². The molecule has 1 fully saturated rings. The number of fused-ring (bicyclic) bond motifs is 1. The minimum atomic E-state index is -1.15. The molecule has 0 amide bonds. The van der Waals surface area contributed by atoms with Crippen LogP contribution in [0, 0.1) is 0 Å². The molecule has 138 valence electrons. The summed E-state index contributed by atoms with van der Waals surface area (Å²) in [6, 6.07) is 1.27. The van der Waals surface area contributed by atoms with Crippen LogP contribution >= 0.6 is 11.6 Å². The molecule has 0 aliphatic heterocycles. The van der Waals surface area contributed by atoms with Crippen LogP contribution in [0.3, 0.4) is 0 Å². The molecule has 2 heterocycles. The minimum absolute atomic E-state index is 0.0635. The second-order valence-corrected chi connectivity index (χ2v) is 14.0. The molecule has 0 atom stereocenters. The smallest absolute Gasteiger partial charge is 0.332 e. The average Bonchev–Trinajstić information content (AvgIpc) is 2.82. The topological polar surface area (TPSA) is 61.9 Å². The van der Waals surface area contributed by atoms with Crippen molar-refractivity contribution in [3.63, 3.8) is 0 Å². The number of rotatable bonds is 6. The van der Waals surface area contributed by atoms with Crippen LogP contribution in [0.4, 0.5) is 0 Å². The molecule has 0 bridgehead atoms. The van der Waals surface area contributed by atoms with Crippen LogP contribution in [0.15, 0.2) is 11.0 Å². The molecular formula is C17H27ClN4O2Si. The first-order chi connectivity index (χ1) is 11.9. The first kappa shape index (κ1) is 18.6. The van der Waals surface area contributed by atoms with E-state index in [1.165, 1.54) is 6.42 Å². The zero-order valence-electron chi connectivity index (χ0n) is 15.3. The fourth-order valence-electron chi connectivity index (χ4n) is 3.36. The Morgan fingerprint density at radius 1 is 1.28 bits per heavy atom. The van der Waals surface area contributed by atoms with Gasteiger partial charge >= 0.3 is 5.69 Å². The van der Waals surface area contributed by atoms with Crippen LogP contribution in [-0.4, -0.2) is 33.8 Å². The van der Waals surface area contributed by atoms with Crippen LogP contribution in [0.5, 0.6) is 0 Å². The van der Waals surface area contributed by atoms with E-state index in [-0.39, 0.29) is 23.7 Å². The molecule has 0 unspecified atom stereocenters. The van der Waals surface area contributed by atoms with E-state index in [0.29, 0.717) is 17.8 Å². The standard InChI is InChI=1S/C17H27ClN4O2Si/c1-25(2,3)10-9-24-12-21-14-11-19-16(18)20-15(14)22(17(21)23)13-7-5-4-6-8-13/h11,13H,4-10,12H2,1-3H3. The van der Waals surface area contributed by atoms with Gasteiger partial charge < -0.3 is 4.74 Å². The largest absolute Gasteiger partial charge is 0.361 e. The van der Waals surface area contributed by atoms with E-state index in [9.17, 15) is 4.79 Å². The third kappa shape index (κ3) is 4.32. The van der Waals surface area contributed by atoms with Gasteiger partial charge in [0.2, 0.25) is 5.28 Å². The first-order valence-corrected chi connectivity index (χ1v) is 13.2. The molecule has 2 aromatic heterocycles. The SMILES string of the molecule is C[Si](C)(C)CCOCn1c(=O)n(C2CCCCC2)c2nc(Cl)ncc21. The van der Waals surface area contributed by atoms with Crippen molar-refractivity contribution < 1.29 is 4.74 Å². The van der Waals surface area contributed by atoms with E-state index in [4.69, 9.17) is 16.3 Å². The molecule has 3 rings (SSSR count). The Balaban J connectivity index is 1.90.